The monoisotopic (exact) mass is 381 g/mol. The van der Waals surface area contributed by atoms with E-state index in [9.17, 15) is 9.50 Å². The maximum Gasteiger partial charge on any atom is 0.123 e. The molecule has 0 atom stereocenters. The zero-order valence-electron chi connectivity index (χ0n) is 14.2. The molecular weight excluding hydrogens is 357 g/mol. The van der Waals surface area contributed by atoms with E-state index in [4.69, 9.17) is 0 Å². The van der Waals surface area contributed by atoms with Crippen LogP contribution in [0.25, 0.3) is 0 Å². The molecule has 1 N–H and O–H groups in total. The lowest BCUT2D eigenvalue weighted by molar-refractivity contribution is 0.193. The van der Waals surface area contributed by atoms with Crippen LogP contribution in [0.4, 0.5) is 4.39 Å². The van der Waals surface area contributed by atoms with E-state index in [2.05, 4.69) is 4.90 Å². The van der Waals surface area contributed by atoms with E-state index in [0.29, 0.717) is 5.75 Å². The highest BCUT2D eigenvalue weighted by atomic mass is 35.5. The normalized spacial score (nSPS) is 15.7. The number of thioether (sulfide) groups is 1. The fraction of sp³-hybridized carbons (Fsp3) is 0.400. The van der Waals surface area contributed by atoms with E-state index in [0.717, 1.165) is 37.7 Å². The van der Waals surface area contributed by atoms with Crippen molar-refractivity contribution in [3.63, 3.8) is 0 Å². The Hall–Kier alpha value is -1.23. The predicted octanol–water partition coefficient (Wildman–Crippen LogP) is 5.00. The lowest BCUT2D eigenvalue weighted by Gasteiger charge is -2.32. The number of phenols is 1. The Kier molecular flexibility index (Phi) is 8.07. The summed E-state index contributed by atoms with van der Waals surface area (Å²) in [6.07, 6.45) is 3.51. The van der Waals surface area contributed by atoms with E-state index in [-0.39, 0.29) is 18.2 Å². The van der Waals surface area contributed by atoms with Gasteiger partial charge in [0.1, 0.15) is 11.6 Å². The van der Waals surface area contributed by atoms with Gasteiger partial charge in [-0.1, -0.05) is 12.1 Å². The van der Waals surface area contributed by atoms with Crippen LogP contribution in [-0.4, -0.2) is 35.4 Å². The topological polar surface area (TPSA) is 23.5 Å². The first kappa shape index (κ1) is 20.1. The summed E-state index contributed by atoms with van der Waals surface area (Å²) >= 11 is 1.84. The Balaban J connectivity index is 0.00000225. The third kappa shape index (κ3) is 6.53. The number of hydrogen-bond donors (Lipinski definition) is 1. The van der Waals surface area contributed by atoms with Crippen molar-refractivity contribution in [3.8, 4) is 5.75 Å². The number of benzene rings is 2. The molecule has 1 heterocycles. The molecule has 0 bridgehead atoms. The molecule has 1 aliphatic heterocycles. The van der Waals surface area contributed by atoms with Crippen LogP contribution < -0.4 is 0 Å². The average molecular weight is 382 g/mol. The molecular formula is C20H25ClFNOS. The fourth-order valence-electron chi connectivity index (χ4n) is 3.20. The minimum atomic E-state index is -0.153. The van der Waals surface area contributed by atoms with Crippen LogP contribution in [0.1, 0.15) is 18.4 Å². The third-order valence-electron chi connectivity index (χ3n) is 4.66. The molecule has 2 aromatic carbocycles. The molecule has 3 rings (SSSR count). The summed E-state index contributed by atoms with van der Waals surface area (Å²) in [6, 6.07) is 14.4. The molecule has 0 unspecified atom stereocenters. The predicted molar refractivity (Wildman–Crippen MR) is 105 cm³/mol. The van der Waals surface area contributed by atoms with E-state index < -0.39 is 0 Å². The number of halogens is 2. The van der Waals surface area contributed by atoms with E-state index in [1.54, 1.807) is 24.3 Å². The Labute approximate surface area is 159 Å². The van der Waals surface area contributed by atoms with Gasteiger partial charge in [-0.05, 0) is 80.2 Å². The average Bonchev–Trinajstić information content (AvgIpc) is 2.60. The molecule has 1 fully saturated rings. The number of phenolic OH excluding ortho intramolecular Hbond substituents is 1. The summed E-state index contributed by atoms with van der Waals surface area (Å²) in [5.74, 6) is 1.96. The quantitative estimate of drug-likeness (QED) is 0.712. The molecule has 1 saturated heterocycles. The van der Waals surface area contributed by atoms with Gasteiger partial charge in [0, 0.05) is 17.2 Å². The molecule has 1 aliphatic rings. The molecule has 0 radical (unpaired) electrons. The highest BCUT2D eigenvalue weighted by Crippen LogP contribution is 2.24. The molecule has 0 spiro atoms. The largest absolute Gasteiger partial charge is 0.508 e. The van der Waals surface area contributed by atoms with Crippen molar-refractivity contribution in [2.45, 2.75) is 24.2 Å². The number of aromatic hydroxyl groups is 1. The van der Waals surface area contributed by atoms with E-state index in [1.165, 1.54) is 23.3 Å². The first-order valence-corrected chi connectivity index (χ1v) is 9.56. The SMILES string of the molecule is Cl.Oc1ccc(SCCN2CCC(Cc3ccc(F)cc3)CC2)cc1. The zero-order chi connectivity index (χ0) is 16.8. The Bertz CT molecular complexity index is 627. The Morgan fingerprint density at radius 3 is 2.28 bits per heavy atom. The van der Waals surface area contributed by atoms with Crippen molar-refractivity contribution in [1.29, 1.82) is 0 Å². The van der Waals surface area contributed by atoms with Crippen molar-refractivity contribution in [3.05, 3.63) is 59.9 Å². The fourth-order valence-corrected chi connectivity index (χ4v) is 4.12. The van der Waals surface area contributed by atoms with Gasteiger partial charge >= 0.3 is 0 Å². The van der Waals surface area contributed by atoms with Crippen molar-refractivity contribution < 1.29 is 9.50 Å². The van der Waals surface area contributed by atoms with Crippen LogP contribution in [0.15, 0.2) is 53.4 Å². The summed E-state index contributed by atoms with van der Waals surface area (Å²) in [7, 11) is 0. The molecule has 2 nitrogen and oxygen atoms in total. The van der Waals surface area contributed by atoms with E-state index in [1.807, 2.05) is 36.0 Å². The first-order valence-electron chi connectivity index (χ1n) is 8.58. The van der Waals surface area contributed by atoms with Gasteiger partial charge in [-0.15, -0.1) is 24.2 Å². The standard InChI is InChI=1S/C20H24FNOS.ClH/c21-18-3-1-16(2-4-18)15-17-9-11-22(12-10-17)13-14-24-20-7-5-19(23)6-8-20;/h1-8,17,23H,9-15H2;1H. The molecule has 0 saturated carbocycles. The van der Waals surface area contributed by atoms with Gasteiger partial charge in [0.15, 0.2) is 0 Å². The summed E-state index contributed by atoms with van der Waals surface area (Å²) in [4.78, 5) is 3.74. The summed E-state index contributed by atoms with van der Waals surface area (Å²) in [6.45, 7) is 3.42. The highest BCUT2D eigenvalue weighted by molar-refractivity contribution is 7.99. The van der Waals surface area contributed by atoms with Gasteiger partial charge < -0.3 is 10.0 Å². The van der Waals surface area contributed by atoms with E-state index >= 15 is 0 Å². The number of hydrogen-bond acceptors (Lipinski definition) is 3. The second-order valence-corrected chi connectivity index (χ2v) is 7.63. The maximum atomic E-state index is 13.0. The minimum Gasteiger partial charge on any atom is -0.508 e. The van der Waals surface area contributed by atoms with Crippen LogP contribution in [0, 0.1) is 11.7 Å². The zero-order valence-corrected chi connectivity index (χ0v) is 15.9. The Morgan fingerprint density at radius 1 is 1.00 bits per heavy atom. The van der Waals surface area contributed by atoms with Crippen LogP contribution in [-0.2, 0) is 6.42 Å². The first-order chi connectivity index (χ1) is 11.7. The lowest BCUT2D eigenvalue weighted by Crippen LogP contribution is -2.35. The second-order valence-electron chi connectivity index (χ2n) is 6.46. The van der Waals surface area contributed by atoms with Gasteiger partial charge in [0.2, 0.25) is 0 Å². The van der Waals surface area contributed by atoms with Gasteiger partial charge in [0.05, 0.1) is 0 Å². The van der Waals surface area contributed by atoms with Crippen molar-refractivity contribution >= 4 is 24.2 Å². The van der Waals surface area contributed by atoms with Crippen LogP contribution in [0.5, 0.6) is 5.75 Å². The van der Waals surface area contributed by atoms with Crippen molar-refractivity contribution in [2.24, 2.45) is 5.92 Å². The maximum absolute atomic E-state index is 13.0. The molecule has 0 amide bonds. The van der Waals surface area contributed by atoms with Gasteiger partial charge in [-0.25, -0.2) is 4.39 Å². The summed E-state index contributed by atoms with van der Waals surface area (Å²) in [5, 5.41) is 9.29. The van der Waals surface area contributed by atoms with Gasteiger partial charge in [0.25, 0.3) is 0 Å². The smallest absolute Gasteiger partial charge is 0.123 e. The van der Waals surface area contributed by atoms with Gasteiger partial charge in [-0.2, -0.15) is 0 Å². The third-order valence-corrected chi connectivity index (χ3v) is 5.65. The van der Waals surface area contributed by atoms with Crippen LogP contribution in [0.2, 0.25) is 0 Å². The molecule has 0 aliphatic carbocycles. The number of nitrogens with zero attached hydrogens (tertiary/aromatic N) is 1. The van der Waals surface area contributed by atoms with Crippen LogP contribution >= 0.6 is 24.2 Å². The van der Waals surface area contributed by atoms with Crippen molar-refractivity contribution in [2.75, 3.05) is 25.4 Å². The molecule has 136 valence electrons. The lowest BCUT2D eigenvalue weighted by atomic mass is 9.90. The summed E-state index contributed by atoms with van der Waals surface area (Å²) < 4.78 is 13.0. The van der Waals surface area contributed by atoms with Gasteiger partial charge in [-0.3, -0.25) is 0 Å². The highest BCUT2D eigenvalue weighted by Gasteiger charge is 2.19. The Morgan fingerprint density at radius 2 is 1.64 bits per heavy atom. The molecule has 2 aromatic rings. The minimum absolute atomic E-state index is 0. The summed E-state index contributed by atoms with van der Waals surface area (Å²) in [5.41, 5.74) is 1.25. The number of rotatable bonds is 6. The number of likely N-dealkylation sites (tertiary alicyclic amines) is 1. The number of piperidine rings is 1. The second kappa shape index (κ2) is 10.0. The molecule has 5 heteroatoms. The molecule has 25 heavy (non-hydrogen) atoms. The molecule has 0 aromatic heterocycles. The van der Waals surface area contributed by atoms with Crippen molar-refractivity contribution in [1.82, 2.24) is 4.90 Å². The van der Waals surface area contributed by atoms with Crippen LogP contribution in [0.3, 0.4) is 0 Å².